The van der Waals surface area contributed by atoms with Gasteiger partial charge < -0.3 is 180 Å². The predicted octanol–water partition coefficient (Wildman–Crippen LogP) is -0.521. The van der Waals surface area contributed by atoms with Crippen molar-refractivity contribution >= 4 is 25.6 Å². The van der Waals surface area contributed by atoms with Crippen LogP contribution < -0.4 is 0 Å². The van der Waals surface area contributed by atoms with E-state index in [0.717, 1.165) is 0 Å². The maximum Gasteiger partial charge on any atom is 0.311 e. The molecule has 0 aliphatic carbocycles. The Morgan fingerprint density at radius 1 is 0.151 bits per heavy atom. The van der Waals surface area contributed by atoms with Crippen molar-refractivity contribution < 1.29 is 202 Å². The third-order valence-corrected chi connectivity index (χ3v) is 19.0. The lowest BCUT2D eigenvalue weighted by molar-refractivity contribution is -0.148. The Morgan fingerprint density at radius 3 is 0.357 bits per heavy atom. The zero-order chi connectivity index (χ0) is 90.8. The van der Waals surface area contributed by atoms with Gasteiger partial charge in [-0.1, -0.05) is 0 Å². The van der Waals surface area contributed by atoms with Crippen LogP contribution in [0.4, 0.5) is 0 Å². The summed E-state index contributed by atoms with van der Waals surface area (Å²) in [6.07, 6.45) is 0. The molecule has 0 aromatic carbocycles. The van der Waals surface area contributed by atoms with Crippen molar-refractivity contribution in [3.63, 3.8) is 0 Å². The molecule has 0 spiro atoms. The predicted molar refractivity (Wildman–Crippen MR) is 455 cm³/mol. The van der Waals surface area contributed by atoms with E-state index in [1.807, 2.05) is 0 Å². The third-order valence-electron chi connectivity index (χ3n) is 15.6. The lowest BCUT2D eigenvalue weighted by Gasteiger charge is -2.17. The largest absolute Gasteiger partial charge is 0.463 e. The molecule has 0 aliphatic heterocycles. The first-order valence-corrected chi connectivity index (χ1v) is 47.5. The molecule has 0 saturated heterocycles. The molecule has 126 heavy (non-hydrogen) atoms. The summed E-state index contributed by atoms with van der Waals surface area (Å²) in [5.41, 5.74) is 0. The van der Waals surface area contributed by atoms with E-state index in [0.29, 0.717) is 396 Å². The first-order chi connectivity index (χ1) is 62.2. The lowest BCUT2D eigenvalue weighted by atomic mass is 10.2. The number of ether oxygens (including phenoxy) is 38. The SMILES string of the molecule is COCCOCCOCCOCCOCCOCCOCCOCCOCCOCCOCCOCCOCCOCCOCCOCCOCCOCCOCCOCCOCCOCCOCCOC(=O)C(CS(=O)(=O)CCOCCOCCOCCOCCOCCOCCOC)CS(=O)(=O)CCOCCOCCOCCOCCOCCOCCOC. The monoisotopic (exact) mass is 1890 g/mol. The quantitative estimate of drug-likeness (QED) is 0.0546. The minimum Gasteiger partial charge on any atom is -0.463 e. The van der Waals surface area contributed by atoms with E-state index >= 15 is 0 Å². The summed E-state index contributed by atoms with van der Waals surface area (Å²) in [5.74, 6) is -5.03. The summed E-state index contributed by atoms with van der Waals surface area (Å²) in [6.45, 7) is 27.9. The molecule has 0 heterocycles. The van der Waals surface area contributed by atoms with E-state index < -0.39 is 54.6 Å². The van der Waals surface area contributed by atoms with Crippen LogP contribution >= 0.6 is 0 Å². The molecule has 0 unspecified atom stereocenters. The average Bonchev–Trinajstić information content (AvgIpc) is 0.851. The normalized spacial score (nSPS) is 12.1. The lowest BCUT2D eigenvalue weighted by Crippen LogP contribution is -2.35. The molecule has 45 heteroatoms. The van der Waals surface area contributed by atoms with Gasteiger partial charge >= 0.3 is 5.97 Å². The molecule has 0 aromatic rings. The van der Waals surface area contributed by atoms with Gasteiger partial charge in [0.2, 0.25) is 0 Å². The van der Waals surface area contributed by atoms with Crippen molar-refractivity contribution in [2.75, 3.05) is 520 Å². The first kappa shape index (κ1) is 124. The van der Waals surface area contributed by atoms with E-state index in [1.54, 1.807) is 21.3 Å². The number of esters is 1. The number of hydrogen-bond donors (Lipinski definition) is 0. The van der Waals surface area contributed by atoms with Crippen molar-refractivity contribution in [3.8, 4) is 0 Å². The highest BCUT2D eigenvalue weighted by atomic mass is 32.2. The Hall–Kier alpha value is -2.11. The molecular formula is C81H162O43S2. The third kappa shape index (κ3) is 107. The highest BCUT2D eigenvalue weighted by Crippen LogP contribution is 2.12. The molecule has 43 nitrogen and oxygen atoms in total. The molecule has 0 radical (unpaired) electrons. The summed E-state index contributed by atoms with van der Waals surface area (Å²) in [6, 6.07) is 0. The number of sulfone groups is 2. The van der Waals surface area contributed by atoms with Crippen molar-refractivity contribution in [2.45, 2.75) is 0 Å². The molecule has 0 saturated carbocycles. The van der Waals surface area contributed by atoms with Crippen molar-refractivity contribution in [1.29, 1.82) is 0 Å². The fraction of sp³-hybridized carbons (Fsp3) is 0.988. The van der Waals surface area contributed by atoms with Crippen molar-refractivity contribution in [3.05, 3.63) is 0 Å². The van der Waals surface area contributed by atoms with E-state index in [-0.39, 0.29) is 79.3 Å². The van der Waals surface area contributed by atoms with Gasteiger partial charge in [-0.15, -0.1) is 0 Å². The highest BCUT2D eigenvalue weighted by Gasteiger charge is 2.32. The fourth-order valence-electron chi connectivity index (χ4n) is 9.21. The fourth-order valence-corrected chi connectivity index (χ4v) is 12.2. The van der Waals surface area contributed by atoms with Crippen LogP contribution in [0, 0.1) is 5.92 Å². The Bertz CT molecular complexity index is 2220. The molecule has 0 fully saturated rings. The Kier molecular flexibility index (Phi) is 106. The van der Waals surface area contributed by atoms with Gasteiger partial charge in [0, 0.05) is 21.3 Å². The summed E-state index contributed by atoms with van der Waals surface area (Å²) < 4.78 is 260. The maximum atomic E-state index is 13.3. The van der Waals surface area contributed by atoms with Crippen molar-refractivity contribution in [2.24, 2.45) is 5.92 Å². The van der Waals surface area contributed by atoms with Crippen molar-refractivity contribution in [1.82, 2.24) is 0 Å². The molecular weight excluding hydrogens is 1720 g/mol. The van der Waals surface area contributed by atoms with Crippen LogP contribution in [0.2, 0.25) is 0 Å². The minimum atomic E-state index is -4.00. The van der Waals surface area contributed by atoms with Gasteiger partial charge in [-0.05, 0) is 0 Å². The van der Waals surface area contributed by atoms with Crippen LogP contribution in [0.5, 0.6) is 0 Å². The molecule has 0 N–H and O–H groups in total. The summed E-state index contributed by atoms with van der Waals surface area (Å²) in [5, 5.41) is 0. The minimum absolute atomic E-state index is 0.0486. The molecule has 0 aliphatic rings. The van der Waals surface area contributed by atoms with Gasteiger partial charge in [0.15, 0.2) is 19.7 Å². The first-order valence-electron chi connectivity index (χ1n) is 43.8. The highest BCUT2D eigenvalue weighted by molar-refractivity contribution is 7.92. The summed E-state index contributed by atoms with van der Waals surface area (Å²) in [4.78, 5) is 13.3. The number of methoxy groups -OCH3 is 3. The maximum absolute atomic E-state index is 13.3. The number of carbonyl (C=O) groups excluding carboxylic acids is 1. The standard InChI is InChI=1S/C81H162O43S2/c1-87-4-7-90-10-13-93-16-19-96-22-23-99-24-25-100-26-27-101-28-29-102-30-31-103-32-33-104-34-35-105-36-37-106-38-39-107-40-41-108-42-43-109-44-45-110-46-47-111-48-49-112-50-51-113-52-53-114-54-55-115-60-61-118-66-67-121-72-73-124-81(82)80(78-125(83,84)76-74-122-70-68-119-64-62-116-58-56-97-20-17-94-14-11-91-8-5-88-2)79-126(85,86)77-75-123-71-69-120-65-63-117-59-57-98-21-18-95-15-12-92-9-6-89-3/h80H,4-79H2,1-3H3. The number of hydrogen-bond acceptors (Lipinski definition) is 43. The van der Waals surface area contributed by atoms with E-state index in [2.05, 4.69) is 0 Å². The zero-order valence-electron chi connectivity index (χ0n) is 76.2. The van der Waals surface area contributed by atoms with Crippen LogP contribution in [0.15, 0.2) is 0 Å². The van der Waals surface area contributed by atoms with E-state index in [9.17, 15) is 21.6 Å². The van der Waals surface area contributed by atoms with Gasteiger partial charge in [-0.3, -0.25) is 4.79 Å². The van der Waals surface area contributed by atoms with Crippen LogP contribution in [-0.4, -0.2) is 543 Å². The summed E-state index contributed by atoms with van der Waals surface area (Å²) in [7, 11) is -3.15. The van der Waals surface area contributed by atoms with E-state index in [1.165, 1.54) is 0 Å². The second-order valence-electron chi connectivity index (χ2n) is 25.9. The molecule has 756 valence electrons. The molecule has 0 aromatic heterocycles. The van der Waals surface area contributed by atoms with Gasteiger partial charge in [0.05, 0.1) is 498 Å². The number of rotatable bonds is 116. The average molecular weight is 1890 g/mol. The number of carbonyl (C=O) groups is 1. The molecule has 0 bridgehead atoms. The summed E-state index contributed by atoms with van der Waals surface area (Å²) >= 11 is 0. The van der Waals surface area contributed by atoms with Crippen LogP contribution in [0.3, 0.4) is 0 Å². The van der Waals surface area contributed by atoms with Crippen LogP contribution in [0.25, 0.3) is 0 Å². The Balaban J connectivity index is 3.84. The van der Waals surface area contributed by atoms with Gasteiger partial charge in [0.1, 0.15) is 6.61 Å². The van der Waals surface area contributed by atoms with Crippen LogP contribution in [0.1, 0.15) is 0 Å². The van der Waals surface area contributed by atoms with Gasteiger partial charge in [-0.25, -0.2) is 16.8 Å². The second-order valence-corrected chi connectivity index (χ2v) is 30.3. The molecule has 0 rings (SSSR count). The second kappa shape index (κ2) is 108. The van der Waals surface area contributed by atoms with Crippen LogP contribution in [-0.2, 0) is 204 Å². The topological polar surface area (TPSA) is 436 Å². The van der Waals surface area contributed by atoms with Gasteiger partial charge in [-0.2, -0.15) is 0 Å². The van der Waals surface area contributed by atoms with Gasteiger partial charge in [0.25, 0.3) is 0 Å². The smallest absolute Gasteiger partial charge is 0.311 e. The molecule has 0 amide bonds. The van der Waals surface area contributed by atoms with E-state index in [4.69, 9.17) is 180 Å². The Labute approximate surface area is 750 Å². The Morgan fingerprint density at radius 2 is 0.246 bits per heavy atom. The molecule has 0 atom stereocenters. The zero-order valence-corrected chi connectivity index (χ0v) is 77.8.